The van der Waals surface area contributed by atoms with Gasteiger partial charge in [0.2, 0.25) is 0 Å². The van der Waals surface area contributed by atoms with Crippen LogP contribution in [0, 0.1) is 0 Å². The van der Waals surface area contributed by atoms with Gasteiger partial charge in [-0.25, -0.2) is 0 Å². The van der Waals surface area contributed by atoms with Crippen molar-refractivity contribution >= 4 is 11.9 Å². The van der Waals surface area contributed by atoms with Gasteiger partial charge >= 0.3 is 0 Å². The van der Waals surface area contributed by atoms with Crippen LogP contribution < -0.4 is 10.6 Å². The minimum absolute atomic E-state index is 0.0806. The van der Waals surface area contributed by atoms with Crippen LogP contribution in [0.3, 0.4) is 0 Å². The van der Waals surface area contributed by atoms with Crippen LogP contribution in [-0.4, -0.2) is 31.3 Å². The molecule has 0 saturated heterocycles. The zero-order chi connectivity index (χ0) is 8.23. The lowest BCUT2D eigenvalue weighted by atomic mass is 10.2. The van der Waals surface area contributed by atoms with Gasteiger partial charge in [0.1, 0.15) is 12.8 Å². The second-order valence-electron chi connectivity index (χ2n) is 2.76. The average Bonchev–Trinajstić information content (AvgIpc) is 2.21. The first-order valence-electron chi connectivity index (χ1n) is 4.16. The van der Waals surface area contributed by atoms with Gasteiger partial charge in [0.05, 0.1) is 5.71 Å². The molecule has 1 unspecified atom stereocenters. The quantitative estimate of drug-likeness (QED) is 0.568. The van der Waals surface area contributed by atoms with Crippen molar-refractivity contribution < 1.29 is 0 Å². The Bertz CT molecular complexity index is 241. The standard InChI is InChI=1S/C8H12N4/c1-3-10-8(11-4-1)7-2-5-9-6-12-7/h2-3,5,8-9,11H,1,4,6H2. The van der Waals surface area contributed by atoms with Gasteiger partial charge in [0.25, 0.3) is 0 Å². The third kappa shape index (κ3) is 1.53. The molecule has 4 heteroatoms. The fraction of sp³-hybridized carbons (Fsp3) is 0.500. The normalized spacial score (nSPS) is 28.0. The fourth-order valence-electron chi connectivity index (χ4n) is 1.26. The molecule has 0 spiro atoms. The Balaban J connectivity index is 2.07. The van der Waals surface area contributed by atoms with Gasteiger partial charge in [-0.2, -0.15) is 0 Å². The smallest absolute Gasteiger partial charge is 0.141 e. The van der Waals surface area contributed by atoms with Crippen LogP contribution in [0.1, 0.15) is 6.42 Å². The highest BCUT2D eigenvalue weighted by Crippen LogP contribution is 2.00. The van der Waals surface area contributed by atoms with Gasteiger partial charge in [-0.05, 0) is 18.7 Å². The molecular weight excluding hydrogens is 152 g/mol. The first-order chi connectivity index (χ1) is 5.97. The zero-order valence-corrected chi connectivity index (χ0v) is 6.83. The molecule has 2 heterocycles. The topological polar surface area (TPSA) is 48.8 Å². The highest BCUT2D eigenvalue weighted by Gasteiger charge is 2.13. The molecule has 4 nitrogen and oxygen atoms in total. The molecule has 0 amide bonds. The molecule has 2 aliphatic heterocycles. The Hall–Kier alpha value is -1.16. The Morgan fingerprint density at radius 3 is 3.17 bits per heavy atom. The fourth-order valence-corrected chi connectivity index (χ4v) is 1.26. The molecule has 2 aliphatic rings. The number of hydrogen-bond acceptors (Lipinski definition) is 4. The van der Waals surface area contributed by atoms with E-state index in [1.807, 2.05) is 18.5 Å². The van der Waals surface area contributed by atoms with E-state index in [0.717, 1.165) is 18.7 Å². The molecule has 0 aliphatic carbocycles. The first-order valence-corrected chi connectivity index (χ1v) is 4.16. The monoisotopic (exact) mass is 164 g/mol. The van der Waals surface area contributed by atoms with Crippen LogP contribution in [0.5, 0.6) is 0 Å². The van der Waals surface area contributed by atoms with E-state index in [-0.39, 0.29) is 6.17 Å². The van der Waals surface area contributed by atoms with Crippen molar-refractivity contribution in [3.05, 3.63) is 12.3 Å². The van der Waals surface area contributed by atoms with Crippen molar-refractivity contribution in [3.8, 4) is 0 Å². The molecule has 0 bridgehead atoms. The molecule has 0 aromatic heterocycles. The van der Waals surface area contributed by atoms with Crippen LogP contribution in [0.2, 0.25) is 0 Å². The zero-order valence-electron chi connectivity index (χ0n) is 6.83. The number of aliphatic imine (C=N–C) groups is 2. The molecule has 0 aromatic rings. The third-order valence-corrected chi connectivity index (χ3v) is 1.87. The summed E-state index contributed by atoms with van der Waals surface area (Å²) < 4.78 is 0. The van der Waals surface area contributed by atoms with E-state index in [1.165, 1.54) is 0 Å². The molecular formula is C8H12N4. The average molecular weight is 164 g/mol. The molecule has 2 N–H and O–H groups in total. The minimum atomic E-state index is 0.0806. The van der Waals surface area contributed by atoms with Crippen LogP contribution in [0.15, 0.2) is 22.3 Å². The highest BCUT2D eigenvalue weighted by atomic mass is 15.1. The first kappa shape index (κ1) is 7.49. The summed E-state index contributed by atoms with van der Waals surface area (Å²) in [5.41, 5.74) is 1.02. The SMILES string of the molecule is C1=CC(C2N=CCCN2)=NCN1. The summed E-state index contributed by atoms with van der Waals surface area (Å²) in [7, 11) is 0. The van der Waals surface area contributed by atoms with Gasteiger partial charge in [-0.3, -0.25) is 15.3 Å². The summed E-state index contributed by atoms with van der Waals surface area (Å²) in [5, 5.41) is 6.29. The maximum atomic E-state index is 4.31. The van der Waals surface area contributed by atoms with E-state index in [9.17, 15) is 0 Å². The van der Waals surface area contributed by atoms with Crippen LogP contribution in [-0.2, 0) is 0 Å². The van der Waals surface area contributed by atoms with E-state index < -0.39 is 0 Å². The van der Waals surface area contributed by atoms with E-state index in [0.29, 0.717) is 6.67 Å². The second-order valence-corrected chi connectivity index (χ2v) is 2.76. The highest BCUT2D eigenvalue weighted by molar-refractivity contribution is 6.00. The van der Waals surface area contributed by atoms with Crippen molar-refractivity contribution in [2.24, 2.45) is 9.98 Å². The lowest BCUT2D eigenvalue weighted by molar-refractivity contribution is 0.626. The number of hydrogen-bond donors (Lipinski definition) is 2. The van der Waals surface area contributed by atoms with Crippen molar-refractivity contribution in [1.29, 1.82) is 0 Å². The lowest BCUT2D eigenvalue weighted by Crippen LogP contribution is -2.39. The van der Waals surface area contributed by atoms with Crippen LogP contribution in [0.25, 0.3) is 0 Å². The van der Waals surface area contributed by atoms with E-state index in [1.54, 1.807) is 0 Å². The number of rotatable bonds is 1. The Morgan fingerprint density at radius 2 is 2.50 bits per heavy atom. The minimum Gasteiger partial charge on any atom is -0.372 e. The van der Waals surface area contributed by atoms with Crippen molar-refractivity contribution in [3.63, 3.8) is 0 Å². The van der Waals surface area contributed by atoms with E-state index >= 15 is 0 Å². The van der Waals surface area contributed by atoms with Gasteiger partial charge in [-0.1, -0.05) is 0 Å². The predicted molar refractivity (Wildman–Crippen MR) is 49.5 cm³/mol. The van der Waals surface area contributed by atoms with Crippen LogP contribution in [0.4, 0.5) is 0 Å². The summed E-state index contributed by atoms with van der Waals surface area (Å²) in [6, 6.07) is 0. The van der Waals surface area contributed by atoms with Crippen LogP contribution >= 0.6 is 0 Å². The number of nitrogens with zero attached hydrogens (tertiary/aromatic N) is 2. The number of nitrogens with one attached hydrogen (secondary N) is 2. The Morgan fingerprint density at radius 1 is 1.50 bits per heavy atom. The molecule has 2 rings (SSSR count). The maximum absolute atomic E-state index is 4.31. The molecule has 0 aromatic carbocycles. The van der Waals surface area contributed by atoms with E-state index in [2.05, 4.69) is 20.6 Å². The third-order valence-electron chi connectivity index (χ3n) is 1.87. The predicted octanol–water partition coefficient (Wildman–Crippen LogP) is -0.108. The maximum Gasteiger partial charge on any atom is 0.141 e. The largest absolute Gasteiger partial charge is 0.372 e. The molecule has 64 valence electrons. The van der Waals surface area contributed by atoms with Gasteiger partial charge < -0.3 is 5.32 Å². The summed E-state index contributed by atoms with van der Waals surface area (Å²) in [6.07, 6.45) is 6.93. The van der Waals surface area contributed by atoms with Crippen molar-refractivity contribution in [2.75, 3.05) is 13.2 Å². The summed E-state index contributed by atoms with van der Waals surface area (Å²) >= 11 is 0. The molecule has 0 fully saturated rings. The lowest BCUT2D eigenvalue weighted by Gasteiger charge is -2.19. The summed E-state index contributed by atoms with van der Waals surface area (Å²) in [5.74, 6) is 0. The summed E-state index contributed by atoms with van der Waals surface area (Å²) in [4.78, 5) is 8.60. The molecule has 0 radical (unpaired) electrons. The Kier molecular flexibility index (Phi) is 2.18. The Labute approximate surface area is 71.5 Å². The molecule has 12 heavy (non-hydrogen) atoms. The second kappa shape index (κ2) is 3.49. The van der Waals surface area contributed by atoms with Gasteiger partial charge in [0, 0.05) is 12.8 Å². The van der Waals surface area contributed by atoms with Crippen molar-refractivity contribution in [2.45, 2.75) is 12.6 Å². The van der Waals surface area contributed by atoms with Gasteiger partial charge in [-0.15, -0.1) is 0 Å². The molecule has 1 atom stereocenters. The molecule has 0 saturated carbocycles. The van der Waals surface area contributed by atoms with Crippen molar-refractivity contribution in [1.82, 2.24) is 10.6 Å². The summed E-state index contributed by atoms with van der Waals surface area (Å²) in [6.45, 7) is 1.66. The van der Waals surface area contributed by atoms with E-state index in [4.69, 9.17) is 0 Å². The van der Waals surface area contributed by atoms with Gasteiger partial charge in [0.15, 0.2) is 0 Å².